The fourth-order valence-electron chi connectivity index (χ4n) is 1.68. The van der Waals surface area contributed by atoms with Gasteiger partial charge < -0.3 is 9.59 Å². The van der Waals surface area contributed by atoms with E-state index in [-0.39, 0.29) is 0 Å². The van der Waals surface area contributed by atoms with Crippen molar-refractivity contribution in [3.8, 4) is 0 Å². The standard InChI is InChI=1S/C12H10O2/c13-8-12(9-14)6-5-10-3-1-2-4-11(10)7-12/h1-6,8-9H,7H2. The normalized spacial score (nSPS) is 17.1. The van der Waals surface area contributed by atoms with Gasteiger partial charge in [-0.05, 0) is 17.5 Å². The molecule has 0 atom stereocenters. The molecular weight excluding hydrogens is 176 g/mol. The van der Waals surface area contributed by atoms with E-state index in [1.165, 1.54) is 0 Å². The quantitative estimate of drug-likeness (QED) is 0.519. The van der Waals surface area contributed by atoms with Crippen molar-refractivity contribution in [1.82, 2.24) is 0 Å². The van der Waals surface area contributed by atoms with Crippen molar-refractivity contribution in [1.29, 1.82) is 0 Å². The SMILES string of the molecule is O=CC1(C=O)C=Cc2ccccc2C1. The summed E-state index contributed by atoms with van der Waals surface area (Å²) in [4.78, 5) is 21.7. The van der Waals surface area contributed by atoms with Crippen molar-refractivity contribution >= 4 is 18.6 Å². The Labute approximate surface area is 82.2 Å². The van der Waals surface area contributed by atoms with E-state index in [0.29, 0.717) is 19.0 Å². The Hall–Kier alpha value is -1.70. The molecule has 0 amide bonds. The van der Waals surface area contributed by atoms with E-state index >= 15 is 0 Å². The van der Waals surface area contributed by atoms with Gasteiger partial charge in [-0.1, -0.05) is 36.4 Å². The van der Waals surface area contributed by atoms with Crippen molar-refractivity contribution in [3.63, 3.8) is 0 Å². The lowest BCUT2D eigenvalue weighted by Gasteiger charge is -2.22. The van der Waals surface area contributed by atoms with Crippen LogP contribution in [0, 0.1) is 5.41 Å². The van der Waals surface area contributed by atoms with E-state index in [1.807, 2.05) is 30.3 Å². The summed E-state index contributed by atoms with van der Waals surface area (Å²) in [5, 5.41) is 0. The second-order valence-corrected chi connectivity index (χ2v) is 3.56. The van der Waals surface area contributed by atoms with E-state index < -0.39 is 5.41 Å². The van der Waals surface area contributed by atoms with Crippen LogP contribution < -0.4 is 0 Å². The lowest BCUT2D eigenvalue weighted by molar-refractivity contribution is -0.123. The molecule has 2 nitrogen and oxygen atoms in total. The number of carbonyl (C=O) groups is 2. The molecule has 2 rings (SSSR count). The Bertz CT molecular complexity index is 397. The summed E-state index contributed by atoms with van der Waals surface area (Å²) in [6.45, 7) is 0. The fourth-order valence-corrected chi connectivity index (χ4v) is 1.68. The Morgan fingerprint density at radius 3 is 2.57 bits per heavy atom. The van der Waals surface area contributed by atoms with E-state index in [1.54, 1.807) is 6.08 Å². The smallest absolute Gasteiger partial charge is 0.137 e. The average molecular weight is 186 g/mol. The van der Waals surface area contributed by atoms with Crippen LogP contribution in [0.25, 0.3) is 6.08 Å². The molecule has 2 heteroatoms. The van der Waals surface area contributed by atoms with Crippen LogP contribution in [0.15, 0.2) is 30.3 Å². The zero-order valence-corrected chi connectivity index (χ0v) is 7.64. The number of hydrogen-bond acceptors (Lipinski definition) is 2. The molecule has 0 bridgehead atoms. The summed E-state index contributed by atoms with van der Waals surface area (Å²) < 4.78 is 0. The highest BCUT2D eigenvalue weighted by atomic mass is 16.1. The molecule has 0 N–H and O–H groups in total. The monoisotopic (exact) mass is 186 g/mol. The first-order chi connectivity index (χ1) is 6.79. The average Bonchev–Trinajstić information content (AvgIpc) is 2.28. The van der Waals surface area contributed by atoms with Gasteiger partial charge in [-0.25, -0.2) is 0 Å². The molecule has 14 heavy (non-hydrogen) atoms. The number of allylic oxidation sites excluding steroid dienone is 1. The third kappa shape index (κ3) is 1.29. The maximum atomic E-state index is 10.8. The van der Waals surface area contributed by atoms with Crippen LogP contribution in [0.1, 0.15) is 11.1 Å². The van der Waals surface area contributed by atoms with Gasteiger partial charge in [-0.2, -0.15) is 0 Å². The van der Waals surface area contributed by atoms with Crippen molar-refractivity contribution in [3.05, 3.63) is 41.5 Å². The molecule has 1 aromatic rings. The van der Waals surface area contributed by atoms with Gasteiger partial charge in [0.25, 0.3) is 0 Å². The topological polar surface area (TPSA) is 34.1 Å². The lowest BCUT2D eigenvalue weighted by Crippen LogP contribution is -2.27. The second kappa shape index (κ2) is 3.22. The summed E-state index contributed by atoms with van der Waals surface area (Å²) in [6, 6.07) is 7.78. The number of fused-ring (bicyclic) bond motifs is 1. The van der Waals surface area contributed by atoms with Crippen molar-refractivity contribution in [2.24, 2.45) is 5.41 Å². The van der Waals surface area contributed by atoms with Gasteiger partial charge in [0.05, 0.1) is 0 Å². The van der Waals surface area contributed by atoms with E-state index in [0.717, 1.165) is 11.1 Å². The number of hydrogen-bond donors (Lipinski definition) is 0. The van der Waals surface area contributed by atoms with Crippen LogP contribution in [0.2, 0.25) is 0 Å². The molecule has 0 saturated heterocycles. The minimum absolute atomic E-state index is 0.479. The summed E-state index contributed by atoms with van der Waals surface area (Å²) in [5.41, 5.74) is 1.20. The molecule has 0 fully saturated rings. The Kier molecular flexibility index (Phi) is 2.04. The van der Waals surface area contributed by atoms with Gasteiger partial charge in [0.2, 0.25) is 0 Å². The molecule has 0 aliphatic heterocycles. The lowest BCUT2D eigenvalue weighted by atomic mass is 9.79. The molecule has 70 valence electrons. The minimum atomic E-state index is -0.936. The third-order valence-electron chi connectivity index (χ3n) is 2.56. The van der Waals surface area contributed by atoms with Gasteiger partial charge in [-0.3, -0.25) is 0 Å². The van der Waals surface area contributed by atoms with Crippen LogP contribution in [0.5, 0.6) is 0 Å². The van der Waals surface area contributed by atoms with Crippen LogP contribution >= 0.6 is 0 Å². The first-order valence-electron chi connectivity index (χ1n) is 4.49. The highest BCUT2D eigenvalue weighted by molar-refractivity contribution is 5.90. The maximum Gasteiger partial charge on any atom is 0.137 e. The molecule has 0 heterocycles. The van der Waals surface area contributed by atoms with Crippen molar-refractivity contribution in [2.75, 3.05) is 0 Å². The first-order valence-corrected chi connectivity index (χ1v) is 4.49. The Balaban J connectivity index is 2.47. The number of benzene rings is 1. The Morgan fingerprint density at radius 2 is 1.86 bits per heavy atom. The second-order valence-electron chi connectivity index (χ2n) is 3.56. The van der Waals surface area contributed by atoms with Gasteiger partial charge in [0.1, 0.15) is 18.0 Å². The number of carbonyl (C=O) groups excluding carboxylic acids is 2. The predicted octanol–water partition coefficient (Wildman–Crippen LogP) is 1.64. The highest BCUT2D eigenvalue weighted by Gasteiger charge is 2.29. The molecule has 1 aliphatic rings. The molecule has 0 saturated carbocycles. The predicted molar refractivity (Wildman–Crippen MR) is 53.7 cm³/mol. The zero-order valence-electron chi connectivity index (χ0n) is 7.64. The van der Waals surface area contributed by atoms with Crippen LogP contribution in [0.3, 0.4) is 0 Å². The van der Waals surface area contributed by atoms with Gasteiger partial charge >= 0.3 is 0 Å². The zero-order chi connectivity index (χ0) is 10.0. The van der Waals surface area contributed by atoms with Gasteiger partial charge in [0.15, 0.2) is 0 Å². The van der Waals surface area contributed by atoms with E-state index in [4.69, 9.17) is 0 Å². The highest BCUT2D eigenvalue weighted by Crippen LogP contribution is 2.29. The first kappa shape index (κ1) is 8.88. The van der Waals surface area contributed by atoms with Crippen LogP contribution in [-0.2, 0) is 16.0 Å². The summed E-state index contributed by atoms with van der Waals surface area (Å²) in [6.07, 6.45) is 5.42. The number of aldehydes is 2. The van der Waals surface area contributed by atoms with E-state index in [2.05, 4.69) is 0 Å². The van der Waals surface area contributed by atoms with Crippen molar-refractivity contribution in [2.45, 2.75) is 6.42 Å². The molecule has 0 radical (unpaired) electrons. The van der Waals surface area contributed by atoms with Crippen molar-refractivity contribution < 1.29 is 9.59 Å². The molecule has 1 aliphatic carbocycles. The Morgan fingerprint density at radius 1 is 1.14 bits per heavy atom. The largest absolute Gasteiger partial charge is 0.302 e. The summed E-state index contributed by atoms with van der Waals surface area (Å²) >= 11 is 0. The van der Waals surface area contributed by atoms with Crippen LogP contribution in [0.4, 0.5) is 0 Å². The summed E-state index contributed by atoms with van der Waals surface area (Å²) in [5.74, 6) is 0. The van der Waals surface area contributed by atoms with E-state index in [9.17, 15) is 9.59 Å². The molecule has 0 spiro atoms. The summed E-state index contributed by atoms with van der Waals surface area (Å²) in [7, 11) is 0. The van der Waals surface area contributed by atoms with Gasteiger partial charge in [0, 0.05) is 0 Å². The number of rotatable bonds is 2. The molecule has 0 unspecified atom stereocenters. The molecular formula is C12H10O2. The van der Waals surface area contributed by atoms with Gasteiger partial charge in [-0.15, -0.1) is 0 Å². The molecule has 1 aromatic carbocycles. The fraction of sp³-hybridized carbons (Fsp3) is 0.167. The third-order valence-corrected chi connectivity index (χ3v) is 2.56. The van der Waals surface area contributed by atoms with Crippen LogP contribution in [-0.4, -0.2) is 12.6 Å². The maximum absolute atomic E-state index is 10.8. The minimum Gasteiger partial charge on any atom is -0.302 e. The molecule has 0 aromatic heterocycles.